The Labute approximate surface area is 146 Å². The minimum absolute atomic E-state index is 0.243. The fourth-order valence-electron chi connectivity index (χ4n) is 2.22. The lowest BCUT2D eigenvalue weighted by Crippen LogP contribution is -1.79. The molecule has 114 valence electrons. The maximum Gasteiger partial charge on any atom is 0.115 e. The van der Waals surface area contributed by atoms with Gasteiger partial charge in [-0.3, -0.25) is 0 Å². The maximum absolute atomic E-state index is 9.27. The van der Waals surface area contributed by atoms with Crippen LogP contribution < -0.4 is 0 Å². The van der Waals surface area contributed by atoms with Crippen molar-refractivity contribution in [2.75, 3.05) is 0 Å². The molecule has 24 heavy (non-hydrogen) atoms. The van der Waals surface area contributed by atoms with Crippen molar-refractivity contribution < 1.29 is 5.11 Å². The molecule has 0 spiro atoms. The summed E-state index contributed by atoms with van der Waals surface area (Å²) in [5.41, 5.74) is 4.82. The Morgan fingerprint density at radius 3 is 1.62 bits per heavy atom. The number of rotatable bonds is 2. The largest absolute Gasteiger partial charge is 0.508 e. The molecule has 0 aliphatic heterocycles. The summed E-state index contributed by atoms with van der Waals surface area (Å²) in [5.74, 6) is 6.44. The van der Waals surface area contributed by atoms with Crippen LogP contribution in [0.4, 0.5) is 5.69 Å². The zero-order chi connectivity index (χ0) is 16.8. The lowest BCUT2D eigenvalue weighted by molar-refractivity contribution is 0.475. The van der Waals surface area contributed by atoms with Gasteiger partial charge in [-0.25, -0.2) is 0 Å². The van der Waals surface area contributed by atoms with E-state index in [0.29, 0.717) is 0 Å². The van der Waals surface area contributed by atoms with Crippen LogP contribution in [-0.4, -0.2) is 10.3 Å². The summed E-state index contributed by atoms with van der Waals surface area (Å²) in [4.78, 5) is 3.95. The molecule has 3 rings (SSSR count). The Hall–Kier alpha value is -3.18. The molecule has 0 heterocycles. The fourth-order valence-corrected chi connectivity index (χ4v) is 2.32. The minimum atomic E-state index is 0.243. The second-order valence-corrected chi connectivity index (χ2v) is 5.31. The van der Waals surface area contributed by atoms with Gasteiger partial charge < -0.3 is 5.11 Å². The molecule has 0 aromatic heterocycles. The molecule has 0 saturated carbocycles. The molecule has 3 aromatic carbocycles. The molecule has 0 amide bonds. The number of benzene rings is 3. The van der Waals surface area contributed by atoms with Crippen LogP contribution in [0, 0.1) is 11.8 Å². The highest BCUT2D eigenvalue weighted by Gasteiger charge is 1.98. The van der Waals surface area contributed by atoms with Crippen molar-refractivity contribution in [3.05, 3.63) is 83.9 Å². The fraction of sp³-hybridized carbons (Fsp3) is 0. The van der Waals surface area contributed by atoms with Crippen LogP contribution in [0.1, 0.15) is 11.1 Å². The molecule has 1 N–H and O–H groups in total. The molecule has 3 aromatic rings. The second kappa shape index (κ2) is 7.39. The van der Waals surface area contributed by atoms with Gasteiger partial charge in [-0.15, -0.1) is 0 Å². The quantitative estimate of drug-likeness (QED) is 0.399. The van der Waals surface area contributed by atoms with Crippen molar-refractivity contribution in [2.24, 2.45) is 4.99 Å². The first kappa shape index (κ1) is 15.7. The number of hydrogen-bond acceptors (Lipinski definition) is 3. The number of nitrogens with zero attached hydrogens (tertiary/aromatic N) is 1. The van der Waals surface area contributed by atoms with Crippen molar-refractivity contribution in [2.45, 2.75) is 0 Å². The Bertz CT molecular complexity index is 940. The van der Waals surface area contributed by atoms with Gasteiger partial charge in [-0.05, 0) is 71.9 Å². The van der Waals surface area contributed by atoms with Gasteiger partial charge in [0.2, 0.25) is 0 Å². The van der Waals surface area contributed by atoms with Crippen molar-refractivity contribution in [1.82, 2.24) is 0 Å². The molecular formula is C21H13NOS. The topological polar surface area (TPSA) is 32.6 Å². The van der Waals surface area contributed by atoms with E-state index in [1.54, 1.807) is 24.3 Å². The number of aromatic hydroxyl groups is 1. The number of hydrogen-bond donors (Lipinski definition) is 1. The average molecular weight is 327 g/mol. The SMILES string of the molecule is Oc1ccc(C#Cc2ccc(-c3ccc(N=C=S)cc3)cc2)cc1. The summed E-state index contributed by atoms with van der Waals surface area (Å²) in [5, 5.41) is 11.6. The predicted molar refractivity (Wildman–Crippen MR) is 101 cm³/mol. The molecule has 0 unspecified atom stereocenters. The second-order valence-electron chi connectivity index (χ2n) is 5.12. The summed E-state index contributed by atoms with van der Waals surface area (Å²) in [7, 11) is 0. The number of phenolic OH excluding ortho intramolecular Hbond substituents is 1. The van der Waals surface area contributed by atoms with E-state index in [-0.39, 0.29) is 5.75 Å². The third-order valence-electron chi connectivity index (χ3n) is 3.48. The monoisotopic (exact) mass is 327 g/mol. The van der Waals surface area contributed by atoms with Crippen molar-refractivity contribution in [1.29, 1.82) is 0 Å². The highest BCUT2D eigenvalue weighted by atomic mass is 32.1. The van der Waals surface area contributed by atoms with E-state index in [9.17, 15) is 5.11 Å². The van der Waals surface area contributed by atoms with E-state index in [1.807, 2.05) is 48.5 Å². The molecule has 0 radical (unpaired) electrons. The Kier molecular flexibility index (Phi) is 4.84. The van der Waals surface area contributed by atoms with Gasteiger partial charge in [-0.1, -0.05) is 36.1 Å². The predicted octanol–water partition coefficient (Wildman–Crippen LogP) is 5.19. The lowest BCUT2D eigenvalue weighted by atomic mass is 10.0. The number of aliphatic imine (C=N–C) groups is 1. The zero-order valence-corrected chi connectivity index (χ0v) is 13.5. The average Bonchev–Trinajstić information content (AvgIpc) is 2.63. The highest BCUT2D eigenvalue weighted by Crippen LogP contribution is 2.22. The maximum atomic E-state index is 9.27. The molecule has 0 aliphatic carbocycles. The molecule has 0 aliphatic rings. The zero-order valence-electron chi connectivity index (χ0n) is 12.7. The smallest absolute Gasteiger partial charge is 0.115 e. The summed E-state index contributed by atoms with van der Waals surface area (Å²) < 4.78 is 0. The Morgan fingerprint density at radius 1 is 0.667 bits per heavy atom. The normalized spacial score (nSPS) is 9.50. The van der Waals surface area contributed by atoms with E-state index >= 15 is 0 Å². The van der Waals surface area contributed by atoms with Gasteiger partial charge in [0, 0.05) is 11.1 Å². The van der Waals surface area contributed by atoms with Crippen LogP contribution in [0.5, 0.6) is 5.75 Å². The van der Waals surface area contributed by atoms with Crippen LogP contribution in [-0.2, 0) is 0 Å². The van der Waals surface area contributed by atoms with E-state index in [0.717, 1.165) is 27.9 Å². The van der Waals surface area contributed by atoms with Gasteiger partial charge in [0.05, 0.1) is 10.8 Å². The van der Waals surface area contributed by atoms with Gasteiger partial charge in [0.25, 0.3) is 0 Å². The summed E-state index contributed by atoms with van der Waals surface area (Å²) in [6, 6.07) is 22.7. The number of thiocarbonyl (C=S) groups is 1. The molecule has 0 atom stereocenters. The standard InChI is InChI=1S/C21H13NOS/c23-21-13-5-17(6-14-21)2-1-16-3-7-18(8-4-16)19-9-11-20(12-10-19)22-15-24/h3-14,23H. The third-order valence-corrected chi connectivity index (χ3v) is 3.57. The van der Waals surface area contributed by atoms with E-state index in [1.165, 1.54) is 0 Å². The molecule has 0 saturated heterocycles. The van der Waals surface area contributed by atoms with Gasteiger partial charge in [0.15, 0.2) is 0 Å². The molecular weight excluding hydrogens is 314 g/mol. The van der Waals surface area contributed by atoms with E-state index < -0.39 is 0 Å². The minimum Gasteiger partial charge on any atom is -0.508 e. The van der Waals surface area contributed by atoms with Crippen LogP contribution in [0.2, 0.25) is 0 Å². The third kappa shape index (κ3) is 3.97. The molecule has 0 bridgehead atoms. The van der Waals surface area contributed by atoms with E-state index in [4.69, 9.17) is 0 Å². The number of isothiocyanates is 1. The van der Waals surface area contributed by atoms with Gasteiger partial charge in [0.1, 0.15) is 5.75 Å². The molecule has 2 nitrogen and oxygen atoms in total. The van der Waals surface area contributed by atoms with Crippen LogP contribution in [0.25, 0.3) is 11.1 Å². The highest BCUT2D eigenvalue weighted by molar-refractivity contribution is 7.78. The first-order chi connectivity index (χ1) is 11.7. The van der Waals surface area contributed by atoms with Crippen molar-refractivity contribution in [3.8, 4) is 28.7 Å². The van der Waals surface area contributed by atoms with Crippen LogP contribution >= 0.6 is 12.2 Å². The Balaban J connectivity index is 1.78. The first-order valence-electron chi connectivity index (χ1n) is 7.34. The lowest BCUT2D eigenvalue weighted by Gasteiger charge is -2.02. The van der Waals surface area contributed by atoms with Crippen molar-refractivity contribution >= 4 is 23.1 Å². The van der Waals surface area contributed by atoms with Gasteiger partial charge in [-0.2, -0.15) is 4.99 Å². The van der Waals surface area contributed by atoms with Crippen molar-refractivity contribution in [3.63, 3.8) is 0 Å². The molecule has 3 heteroatoms. The van der Waals surface area contributed by atoms with Crippen LogP contribution in [0.3, 0.4) is 0 Å². The summed E-state index contributed by atoms with van der Waals surface area (Å²) >= 11 is 4.60. The number of phenols is 1. The molecule has 0 fully saturated rings. The Morgan fingerprint density at radius 2 is 1.12 bits per heavy atom. The first-order valence-corrected chi connectivity index (χ1v) is 7.75. The van der Waals surface area contributed by atoms with E-state index in [2.05, 4.69) is 34.2 Å². The van der Waals surface area contributed by atoms with Crippen LogP contribution in [0.15, 0.2) is 77.8 Å². The summed E-state index contributed by atoms with van der Waals surface area (Å²) in [6.45, 7) is 0. The van der Waals surface area contributed by atoms with Gasteiger partial charge >= 0.3 is 0 Å². The summed E-state index contributed by atoms with van der Waals surface area (Å²) in [6.07, 6.45) is 0.